The number of rotatable bonds is 8. The number of fused-ring (bicyclic) bond motifs is 3. The zero-order chi connectivity index (χ0) is 25.1. The molecule has 1 aromatic rings. The molecule has 1 aliphatic carbocycles. The highest BCUT2D eigenvalue weighted by molar-refractivity contribution is 5.95. The Labute approximate surface area is 206 Å². The van der Waals surface area contributed by atoms with E-state index in [1.54, 1.807) is 9.80 Å². The van der Waals surface area contributed by atoms with Crippen LogP contribution >= 0.6 is 0 Å². The molecule has 0 radical (unpaired) electrons. The van der Waals surface area contributed by atoms with Gasteiger partial charge in [0.05, 0.1) is 5.92 Å². The molecule has 10 heteroatoms. The molecule has 2 heterocycles. The Hall–Kier alpha value is -3.14. The first kappa shape index (κ1) is 25.0. The molecule has 4 unspecified atom stereocenters. The zero-order valence-corrected chi connectivity index (χ0v) is 20.8. The number of carbonyl (C=O) groups is 4. The number of anilines is 1. The normalized spacial score (nSPS) is 24.7. The summed E-state index contributed by atoms with van der Waals surface area (Å²) in [4.78, 5) is 55.3. The Morgan fingerprint density at radius 3 is 2.63 bits per heavy atom. The van der Waals surface area contributed by atoms with E-state index in [-0.39, 0.29) is 61.3 Å². The Morgan fingerprint density at radius 1 is 1.14 bits per heavy atom. The van der Waals surface area contributed by atoms with E-state index in [0.29, 0.717) is 5.69 Å². The van der Waals surface area contributed by atoms with Gasteiger partial charge < -0.3 is 15.5 Å². The Bertz CT molecular complexity index is 984. The van der Waals surface area contributed by atoms with Crippen molar-refractivity contribution in [3.63, 3.8) is 0 Å². The number of carbonyl (C=O) groups excluding carboxylic acids is 4. The number of urea groups is 1. The van der Waals surface area contributed by atoms with Crippen LogP contribution in [0, 0.1) is 12.8 Å². The van der Waals surface area contributed by atoms with Crippen LogP contribution in [-0.2, 0) is 14.4 Å². The molecule has 3 aliphatic rings. The summed E-state index contributed by atoms with van der Waals surface area (Å²) in [6.45, 7) is 5.86. The van der Waals surface area contributed by atoms with Crippen molar-refractivity contribution in [3.05, 3.63) is 29.8 Å². The molecule has 4 rings (SSSR count). The highest BCUT2D eigenvalue weighted by Gasteiger charge is 2.54. The van der Waals surface area contributed by atoms with Crippen molar-refractivity contribution in [3.8, 4) is 0 Å². The van der Waals surface area contributed by atoms with Gasteiger partial charge in [0.1, 0.15) is 6.54 Å². The van der Waals surface area contributed by atoms with Gasteiger partial charge in [-0.15, -0.1) is 0 Å². The second-order valence-electron chi connectivity index (χ2n) is 9.76. The molecule has 0 bridgehead atoms. The number of benzene rings is 1. The summed E-state index contributed by atoms with van der Waals surface area (Å²) >= 11 is 0. The van der Waals surface area contributed by atoms with E-state index in [2.05, 4.69) is 16.1 Å². The van der Waals surface area contributed by atoms with Crippen LogP contribution in [0.15, 0.2) is 24.3 Å². The lowest BCUT2D eigenvalue weighted by molar-refractivity contribution is -0.156. The van der Waals surface area contributed by atoms with Crippen molar-refractivity contribution in [2.45, 2.75) is 77.7 Å². The van der Waals surface area contributed by atoms with E-state index in [0.717, 1.165) is 37.7 Å². The molecule has 10 nitrogen and oxygen atoms in total. The standard InChI is InChI=1S/C25H36N6O4/c1-4-17(3)26-21(32)13-14-29-23(34)18-10-6-8-12-20(18)31-24(29)28-30(25(31)35)15-22(33)27-19-11-7-5-9-16(19)2/h5,7,9,11,17-18,20,24,28H,4,6,8,10,12-15H2,1-3H3,(H,26,32)(H,27,33). The van der Waals surface area contributed by atoms with Gasteiger partial charge in [0, 0.05) is 30.7 Å². The Kier molecular flexibility index (Phi) is 7.59. The largest absolute Gasteiger partial charge is 0.354 e. The molecule has 1 aromatic carbocycles. The van der Waals surface area contributed by atoms with E-state index in [1.807, 2.05) is 45.0 Å². The summed E-state index contributed by atoms with van der Waals surface area (Å²) < 4.78 is 0. The summed E-state index contributed by atoms with van der Waals surface area (Å²) in [5.41, 5.74) is 4.71. The van der Waals surface area contributed by atoms with E-state index >= 15 is 0 Å². The van der Waals surface area contributed by atoms with Crippen molar-refractivity contribution in [1.29, 1.82) is 0 Å². The minimum absolute atomic E-state index is 0.0289. The van der Waals surface area contributed by atoms with Crippen molar-refractivity contribution in [2.75, 3.05) is 18.4 Å². The van der Waals surface area contributed by atoms with Crippen LogP contribution in [0.4, 0.5) is 10.5 Å². The number of hydrogen-bond acceptors (Lipinski definition) is 5. The monoisotopic (exact) mass is 484 g/mol. The minimum atomic E-state index is -0.697. The number of nitrogens with zero attached hydrogens (tertiary/aromatic N) is 3. The lowest BCUT2D eigenvalue weighted by Gasteiger charge is -2.48. The average Bonchev–Trinajstić information content (AvgIpc) is 3.16. The highest BCUT2D eigenvalue weighted by atomic mass is 16.2. The third-order valence-electron chi connectivity index (χ3n) is 7.29. The van der Waals surface area contributed by atoms with Gasteiger partial charge in [-0.2, -0.15) is 5.43 Å². The van der Waals surface area contributed by atoms with Gasteiger partial charge in [-0.3, -0.25) is 19.3 Å². The van der Waals surface area contributed by atoms with Gasteiger partial charge in [-0.1, -0.05) is 38.0 Å². The van der Waals surface area contributed by atoms with Crippen molar-refractivity contribution >= 4 is 29.4 Å². The van der Waals surface area contributed by atoms with Crippen molar-refractivity contribution in [2.24, 2.45) is 5.92 Å². The van der Waals surface area contributed by atoms with Gasteiger partial charge >= 0.3 is 6.03 Å². The van der Waals surface area contributed by atoms with Crippen LogP contribution < -0.4 is 16.1 Å². The fraction of sp³-hybridized carbons (Fsp3) is 0.600. The molecule has 3 fully saturated rings. The van der Waals surface area contributed by atoms with Crippen molar-refractivity contribution < 1.29 is 19.2 Å². The number of nitrogens with one attached hydrogen (secondary N) is 3. The molecule has 4 atom stereocenters. The van der Waals surface area contributed by atoms with E-state index in [1.165, 1.54) is 5.01 Å². The molecule has 2 aliphatic heterocycles. The molecule has 190 valence electrons. The summed E-state index contributed by atoms with van der Waals surface area (Å²) in [6.07, 6.45) is 3.66. The SMILES string of the molecule is CCC(C)NC(=O)CCN1C(=O)C2CCCCC2N2C(=O)N(CC(=O)Nc3ccccc3C)NC12. The van der Waals surface area contributed by atoms with E-state index < -0.39 is 6.29 Å². The topological polar surface area (TPSA) is 114 Å². The van der Waals surface area contributed by atoms with Gasteiger partial charge in [0.15, 0.2) is 6.29 Å². The van der Waals surface area contributed by atoms with Gasteiger partial charge in [-0.05, 0) is 44.7 Å². The van der Waals surface area contributed by atoms with E-state index in [9.17, 15) is 19.2 Å². The molecular formula is C25H36N6O4. The third kappa shape index (κ3) is 5.27. The fourth-order valence-corrected chi connectivity index (χ4v) is 5.17. The van der Waals surface area contributed by atoms with Crippen LogP contribution in [0.2, 0.25) is 0 Å². The maximum absolute atomic E-state index is 13.4. The minimum Gasteiger partial charge on any atom is -0.354 e. The summed E-state index contributed by atoms with van der Waals surface area (Å²) in [7, 11) is 0. The van der Waals surface area contributed by atoms with E-state index in [4.69, 9.17) is 0 Å². The van der Waals surface area contributed by atoms with Crippen LogP contribution in [0.25, 0.3) is 0 Å². The fourth-order valence-electron chi connectivity index (χ4n) is 5.17. The molecule has 5 amide bonds. The molecule has 0 spiro atoms. The zero-order valence-electron chi connectivity index (χ0n) is 20.8. The number of hydrazine groups is 1. The predicted octanol–water partition coefficient (Wildman–Crippen LogP) is 2.17. The molecule has 3 N–H and O–H groups in total. The Morgan fingerprint density at radius 2 is 1.89 bits per heavy atom. The van der Waals surface area contributed by atoms with Gasteiger partial charge in [-0.25, -0.2) is 9.80 Å². The highest BCUT2D eigenvalue weighted by Crippen LogP contribution is 2.38. The lowest BCUT2D eigenvalue weighted by atomic mass is 9.81. The summed E-state index contributed by atoms with van der Waals surface area (Å²) in [5, 5.41) is 7.07. The number of aryl methyl sites for hydroxylation is 1. The first-order valence-corrected chi connectivity index (χ1v) is 12.6. The lowest BCUT2D eigenvalue weighted by Crippen LogP contribution is -2.66. The first-order chi connectivity index (χ1) is 16.8. The molecule has 2 saturated heterocycles. The van der Waals surface area contributed by atoms with Crippen molar-refractivity contribution in [1.82, 2.24) is 25.6 Å². The smallest absolute Gasteiger partial charge is 0.337 e. The maximum Gasteiger partial charge on any atom is 0.337 e. The van der Waals surface area contributed by atoms with Crippen LogP contribution in [0.5, 0.6) is 0 Å². The molecule has 1 saturated carbocycles. The first-order valence-electron chi connectivity index (χ1n) is 12.6. The second-order valence-corrected chi connectivity index (χ2v) is 9.76. The van der Waals surface area contributed by atoms with Crippen LogP contribution in [0.1, 0.15) is 57.9 Å². The maximum atomic E-state index is 13.4. The third-order valence-corrected chi connectivity index (χ3v) is 7.29. The predicted molar refractivity (Wildman–Crippen MR) is 131 cm³/mol. The summed E-state index contributed by atoms with van der Waals surface area (Å²) in [5.74, 6) is -0.753. The molecular weight excluding hydrogens is 448 g/mol. The second kappa shape index (κ2) is 10.6. The van der Waals surface area contributed by atoms with Gasteiger partial charge in [0.25, 0.3) is 0 Å². The summed E-state index contributed by atoms with van der Waals surface area (Å²) in [6, 6.07) is 7.00. The molecule has 35 heavy (non-hydrogen) atoms. The Balaban J connectivity index is 1.48. The van der Waals surface area contributed by atoms with Gasteiger partial charge in [0.2, 0.25) is 17.7 Å². The van der Waals surface area contributed by atoms with Crippen LogP contribution in [-0.4, -0.2) is 70.0 Å². The number of amides is 5. The number of para-hydroxylation sites is 1. The van der Waals surface area contributed by atoms with Crippen LogP contribution in [0.3, 0.4) is 0 Å². The quantitative estimate of drug-likeness (QED) is 0.523. The molecule has 0 aromatic heterocycles. The average molecular weight is 485 g/mol. The number of hydrogen-bond donors (Lipinski definition) is 3.